The average molecular weight is 236 g/mol. The van der Waals surface area contributed by atoms with Gasteiger partial charge in [0.2, 0.25) is 0 Å². The van der Waals surface area contributed by atoms with Crippen molar-refractivity contribution >= 4 is 23.4 Å². The minimum Gasteiger partial charge on any atom is -0.399 e. The van der Waals surface area contributed by atoms with Gasteiger partial charge in [0.15, 0.2) is 0 Å². The van der Waals surface area contributed by atoms with Gasteiger partial charge < -0.3 is 10.6 Å². The zero-order valence-electron chi connectivity index (χ0n) is 9.35. The molecular formula is C12H16N2OS. The summed E-state index contributed by atoms with van der Waals surface area (Å²) in [5, 5.41) is 0. The predicted molar refractivity (Wildman–Crippen MR) is 68.7 cm³/mol. The summed E-state index contributed by atoms with van der Waals surface area (Å²) in [4.78, 5) is 14.0. The molecule has 1 unspecified atom stereocenters. The summed E-state index contributed by atoms with van der Waals surface area (Å²) in [6.07, 6.45) is 1.09. The molecule has 0 aromatic heterocycles. The van der Waals surface area contributed by atoms with Crippen LogP contribution in [0.4, 0.5) is 5.69 Å². The van der Waals surface area contributed by atoms with Gasteiger partial charge in [0.05, 0.1) is 0 Å². The topological polar surface area (TPSA) is 46.3 Å². The lowest BCUT2D eigenvalue weighted by molar-refractivity contribution is 0.0748. The Balaban J connectivity index is 2.12. The number of carbonyl (C=O) groups is 1. The van der Waals surface area contributed by atoms with E-state index in [1.807, 2.05) is 35.8 Å². The lowest BCUT2D eigenvalue weighted by Crippen LogP contribution is -2.36. The molecule has 3 nitrogen and oxygen atoms in total. The normalized spacial score (nSPS) is 19.7. The van der Waals surface area contributed by atoms with Crippen molar-refractivity contribution in [3.8, 4) is 0 Å². The number of hydrogen-bond acceptors (Lipinski definition) is 3. The molecule has 4 heteroatoms. The molecule has 1 aromatic carbocycles. The van der Waals surface area contributed by atoms with E-state index in [0.29, 0.717) is 17.3 Å². The second kappa shape index (κ2) is 4.78. The standard InChI is InChI=1S/C12H16N2OS/c1-14(11-5-6-16-8-11)12(15)9-3-2-4-10(13)7-9/h2-4,7,11H,5-6,8,13H2,1H3. The van der Waals surface area contributed by atoms with Crippen molar-refractivity contribution in [3.63, 3.8) is 0 Å². The highest BCUT2D eigenvalue weighted by molar-refractivity contribution is 7.99. The first-order valence-electron chi connectivity index (χ1n) is 5.39. The quantitative estimate of drug-likeness (QED) is 0.797. The van der Waals surface area contributed by atoms with Gasteiger partial charge in [-0.15, -0.1) is 0 Å². The Hall–Kier alpha value is -1.16. The number of rotatable bonds is 2. The number of nitrogens with two attached hydrogens (primary N) is 1. The molecule has 1 aliphatic heterocycles. The third-order valence-electron chi connectivity index (χ3n) is 2.91. The molecule has 1 amide bonds. The molecule has 1 aromatic rings. The third-order valence-corrected chi connectivity index (χ3v) is 4.05. The van der Waals surface area contributed by atoms with Crippen molar-refractivity contribution < 1.29 is 4.79 Å². The minimum absolute atomic E-state index is 0.0693. The number of hydrogen-bond donors (Lipinski definition) is 1. The van der Waals surface area contributed by atoms with Crippen LogP contribution < -0.4 is 5.73 Å². The predicted octanol–water partition coefficient (Wildman–Crippen LogP) is 1.85. The van der Waals surface area contributed by atoms with Gasteiger partial charge in [-0.2, -0.15) is 11.8 Å². The van der Waals surface area contributed by atoms with Crippen molar-refractivity contribution in [1.29, 1.82) is 0 Å². The van der Waals surface area contributed by atoms with Crippen LogP contribution in [-0.2, 0) is 0 Å². The molecule has 1 atom stereocenters. The molecule has 2 rings (SSSR count). The second-order valence-electron chi connectivity index (χ2n) is 4.06. The number of thioether (sulfide) groups is 1. The van der Waals surface area contributed by atoms with E-state index in [-0.39, 0.29) is 5.91 Å². The monoisotopic (exact) mass is 236 g/mol. The van der Waals surface area contributed by atoms with Crippen LogP contribution in [0.3, 0.4) is 0 Å². The fourth-order valence-electron chi connectivity index (χ4n) is 1.87. The van der Waals surface area contributed by atoms with E-state index in [1.54, 1.807) is 12.1 Å². The highest BCUT2D eigenvalue weighted by Gasteiger charge is 2.24. The van der Waals surface area contributed by atoms with Crippen LogP contribution in [0.2, 0.25) is 0 Å². The molecule has 2 N–H and O–H groups in total. The van der Waals surface area contributed by atoms with Crippen LogP contribution in [0.5, 0.6) is 0 Å². The maximum atomic E-state index is 12.1. The lowest BCUT2D eigenvalue weighted by Gasteiger charge is -2.23. The average Bonchev–Trinajstić information content (AvgIpc) is 2.80. The Morgan fingerprint density at radius 1 is 1.56 bits per heavy atom. The molecule has 1 fully saturated rings. The summed E-state index contributed by atoms with van der Waals surface area (Å²) in [6, 6.07) is 7.54. The highest BCUT2D eigenvalue weighted by atomic mass is 32.2. The second-order valence-corrected chi connectivity index (χ2v) is 5.21. The molecule has 86 valence electrons. The van der Waals surface area contributed by atoms with Gasteiger partial charge in [-0.1, -0.05) is 6.07 Å². The largest absolute Gasteiger partial charge is 0.399 e. The Morgan fingerprint density at radius 2 is 2.38 bits per heavy atom. The molecule has 0 bridgehead atoms. The lowest BCUT2D eigenvalue weighted by atomic mass is 10.1. The van der Waals surface area contributed by atoms with E-state index in [0.717, 1.165) is 17.9 Å². The van der Waals surface area contributed by atoms with E-state index < -0.39 is 0 Å². The van der Waals surface area contributed by atoms with Crippen LogP contribution >= 0.6 is 11.8 Å². The number of nitrogen functional groups attached to an aromatic ring is 1. The van der Waals surface area contributed by atoms with Gasteiger partial charge in [-0.05, 0) is 30.4 Å². The summed E-state index contributed by atoms with van der Waals surface area (Å²) >= 11 is 1.91. The van der Waals surface area contributed by atoms with Gasteiger partial charge in [0.25, 0.3) is 5.91 Å². The van der Waals surface area contributed by atoms with Crippen molar-refractivity contribution in [2.24, 2.45) is 0 Å². The number of benzene rings is 1. The Morgan fingerprint density at radius 3 is 3.00 bits per heavy atom. The smallest absolute Gasteiger partial charge is 0.253 e. The molecule has 1 saturated heterocycles. The first-order valence-corrected chi connectivity index (χ1v) is 6.54. The van der Waals surface area contributed by atoms with Gasteiger partial charge in [-0.3, -0.25) is 4.79 Å². The zero-order chi connectivity index (χ0) is 11.5. The van der Waals surface area contributed by atoms with Crippen LogP contribution in [0.25, 0.3) is 0 Å². The van der Waals surface area contributed by atoms with Crippen molar-refractivity contribution in [2.45, 2.75) is 12.5 Å². The Kier molecular flexibility index (Phi) is 3.39. The highest BCUT2D eigenvalue weighted by Crippen LogP contribution is 2.22. The first-order chi connectivity index (χ1) is 7.68. The van der Waals surface area contributed by atoms with Gasteiger partial charge in [-0.25, -0.2) is 0 Å². The van der Waals surface area contributed by atoms with Gasteiger partial charge in [0, 0.05) is 30.1 Å². The minimum atomic E-state index is 0.0693. The van der Waals surface area contributed by atoms with Crippen molar-refractivity contribution in [3.05, 3.63) is 29.8 Å². The number of carbonyl (C=O) groups excluding carboxylic acids is 1. The summed E-state index contributed by atoms with van der Waals surface area (Å²) in [5.74, 6) is 2.27. The fourth-order valence-corrected chi connectivity index (χ4v) is 3.14. The van der Waals surface area contributed by atoms with Gasteiger partial charge >= 0.3 is 0 Å². The first kappa shape index (κ1) is 11.3. The number of nitrogens with zero attached hydrogens (tertiary/aromatic N) is 1. The third kappa shape index (κ3) is 2.32. The summed E-state index contributed by atoms with van der Waals surface area (Å²) < 4.78 is 0. The van der Waals surface area contributed by atoms with Crippen molar-refractivity contribution in [2.75, 3.05) is 24.3 Å². The van der Waals surface area contributed by atoms with E-state index in [2.05, 4.69) is 0 Å². The summed E-state index contributed by atoms with van der Waals surface area (Å²) in [6.45, 7) is 0. The SMILES string of the molecule is CN(C(=O)c1cccc(N)c1)C1CCSC1. The number of anilines is 1. The van der Waals surface area contributed by atoms with Gasteiger partial charge in [0.1, 0.15) is 0 Å². The van der Waals surface area contributed by atoms with Crippen LogP contribution in [0, 0.1) is 0 Å². The van der Waals surface area contributed by atoms with E-state index in [9.17, 15) is 4.79 Å². The van der Waals surface area contributed by atoms with E-state index in [4.69, 9.17) is 5.73 Å². The molecule has 0 radical (unpaired) electrons. The maximum absolute atomic E-state index is 12.1. The molecule has 0 spiro atoms. The van der Waals surface area contributed by atoms with Crippen molar-refractivity contribution in [1.82, 2.24) is 4.90 Å². The Labute approximate surface area is 100.0 Å². The molecule has 1 heterocycles. The van der Waals surface area contributed by atoms with E-state index >= 15 is 0 Å². The molecule has 16 heavy (non-hydrogen) atoms. The Bertz CT molecular complexity index is 388. The zero-order valence-corrected chi connectivity index (χ0v) is 10.2. The number of amides is 1. The van der Waals surface area contributed by atoms with Crippen LogP contribution in [0.1, 0.15) is 16.8 Å². The summed E-state index contributed by atoms with van der Waals surface area (Å²) in [5.41, 5.74) is 6.99. The van der Waals surface area contributed by atoms with Crippen LogP contribution in [-0.4, -0.2) is 35.4 Å². The molecular weight excluding hydrogens is 220 g/mol. The van der Waals surface area contributed by atoms with E-state index in [1.165, 1.54) is 0 Å². The summed E-state index contributed by atoms with van der Waals surface area (Å²) in [7, 11) is 1.88. The molecule has 0 aliphatic carbocycles. The maximum Gasteiger partial charge on any atom is 0.253 e. The van der Waals surface area contributed by atoms with Crippen LogP contribution in [0.15, 0.2) is 24.3 Å². The molecule has 0 saturated carbocycles. The fraction of sp³-hybridized carbons (Fsp3) is 0.417. The molecule has 1 aliphatic rings.